The lowest BCUT2D eigenvalue weighted by Crippen LogP contribution is -2.45. The molecule has 1 fully saturated rings. The van der Waals surface area contributed by atoms with E-state index in [-0.39, 0.29) is 11.8 Å². The minimum absolute atomic E-state index is 0.0220. The molecule has 0 saturated carbocycles. The number of halogens is 1. The summed E-state index contributed by atoms with van der Waals surface area (Å²) >= 11 is 6.12. The third-order valence-corrected chi connectivity index (χ3v) is 3.65. The Bertz CT molecular complexity index is 482. The van der Waals surface area contributed by atoms with E-state index in [2.05, 4.69) is 10.2 Å². The number of benzene rings is 1. The molecule has 0 aliphatic carbocycles. The molecule has 1 unspecified atom stereocenters. The third-order valence-electron chi connectivity index (χ3n) is 3.30. The number of morpholine rings is 1. The predicted molar refractivity (Wildman–Crippen MR) is 77.1 cm³/mol. The number of non-ortho nitro benzene ring substituents is 1. The van der Waals surface area contributed by atoms with Crippen molar-refractivity contribution >= 4 is 17.3 Å². The van der Waals surface area contributed by atoms with Gasteiger partial charge in [0.2, 0.25) is 0 Å². The van der Waals surface area contributed by atoms with Crippen molar-refractivity contribution < 1.29 is 9.66 Å². The number of ether oxygens (including phenoxy) is 1. The van der Waals surface area contributed by atoms with Crippen molar-refractivity contribution in [1.29, 1.82) is 0 Å². The molecule has 1 atom stereocenters. The summed E-state index contributed by atoms with van der Waals surface area (Å²) in [6.07, 6.45) is 0.172. The first-order chi connectivity index (χ1) is 9.60. The van der Waals surface area contributed by atoms with E-state index in [9.17, 15) is 10.1 Å². The molecule has 2 rings (SSSR count). The van der Waals surface area contributed by atoms with E-state index >= 15 is 0 Å². The number of hydrogen-bond donors (Lipinski definition) is 1. The van der Waals surface area contributed by atoms with Crippen LogP contribution in [0.1, 0.15) is 5.56 Å². The van der Waals surface area contributed by atoms with Gasteiger partial charge in [0, 0.05) is 38.3 Å². The summed E-state index contributed by atoms with van der Waals surface area (Å²) < 4.78 is 5.64. The Morgan fingerprint density at radius 3 is 3.05 bits per heavy atom. The zero-order chi connectivity index (χ0) is 14.5. The maximum atomic E-state index is 10.7. The second kappa shape index (κ2) is 6.99. The van der Waals surface area contributed by atoms with Gasteiger partial charge in [-0.25, -0.2) is 0 Å². The Balaban J connectivity index is 2.00. The van der Waals surface area contributed by atoms with Gasteiger partial charge in [-0.3, -0.25) is 15.0 Å². The number of nitrogens with zero attached hydrogens (tertiary/aromatic N) is 2. The van der Waals surface area contributed by atoms with Crippen LogP contribution in [0.4, 0.5) is 5.69 Å². The monoisotopic (exact) mass is 299 g/mol. The molecule has 20 heavy (non-hydrogen) atoms. The summed E-state index contributed by atoms with van der Waals surface area (Å²) in [5.41, 5.74) is 0.927. The lowest BCUT2D eigenvalue weighted by molar-refractivity contribution is -0.384. The largest absolute Gasteiger partial charge is 0.374 e. The molecule has 1 aliphatic rings. The Morgan fingerprint density at radius 2 is 2.40 bits per heavy atom. The number of nitrogens with one attached hydrogen (secondary N) is 1. The highest BCUT2D eigenvalue weighted by Gasteiger charge is 2.21. The highest BCUT2D eigenvalue weighted by atomic mass is 35.5. The van der Waals surface area contributed by atoms with Crippen LogP contribution in [0.15, 0.2) is 18.2 Å². The Kier molecular flexibility index (Phi) is 5.31. The standard InChI is InChI=1S/C13H18ClN3O3/c1-15-7-12-9-16(4-5-20-12)8-10-2-3-11(17(18)19)6-13(10)14/h2-3,6,12,15H,4-5,7-9H2,1H3. The van der Waals surface area contributed by atoms with Crippen molar-refractivity contribution in [2.75, 3.05) is 33.3 Å². The van der Waals surface area contributed by atoms with Crippen LogP contribution < -0.4 is 5.32 Å². The predicted octanol–water partition coefficient (Wildman–Crippen LogP) is 1.67. The fourth-order valence-corrected chi connectivity index (χ4v) is 2.53. The molecule has 1 heterocycles. The Labute approximate surface area is 122 Å². The molecule has 1 aliphatic heterocycles. The summed E-state index contributed by atoms with van der Waals surface area (Å²) in [5, 5.41) is 14.2. The molecule has 6 nitrogen and oxygen atoms in total. The quantitative estimate of drug-likeness (QED) is 0.662. The van der Waals surface area contributed by atoms with Crippen LogP contribution >= 0.6 is 11.6 Å². The van der Waals surface area contributed by atoms with Crippen LogP contribution in [0.5, 0.6) is 0 Å². The summed E-state index contributed by atoms with van der Waals surface area (Å²) in [5.74, 6) is 0. The zero-order valence-corrected chi connectivity index (χ0v) is 12.1. The van der Waals surface area contributed by atoms with Crippen molar-refractivity contribution in [1.82, 2.24) is 10.2 Å². The van der Waals surface area contributed by atoms with Crippen LogP contribution in [0.3, 0.4) is 0 Å². The van der Waals surface area contributed by atoms with Gasteiger partial charge in [-0.15, -0.1) is 0 Å². The average molecular weight is 300 g/mol. The van der Waals surface area contributed by atoms with Crippen LogP contribution in [0.25, 0.3) is 0 Å². The minimum atomic E-state index is -0.437. The topological polar surface area (TPSA) is 67.6 Å². The Morgan fingerprint density at radius 1 is 1.60 bits per heavy atom. The smallest absolute Gasteiger partial charge is 0.270 e. The van der Waals surface area contributed by atoms with Crippen molar-refractivity contribution in [3.8, 4) is 0 Å². The highest BCUT2D eigenvalue weighted by molar-refractivity contribution is 6.31. The van der Waals surface area contributed by atoms with Crippen LogP contribution in [0, 0.1) is 10.1 Å². The lowest BCUT2D eigenvalue weighted by Gasteiger charge is -2.33. The molecule has 0 amide bonds. The molecular weight excluding hydrogens is 282 g/mol. The number of likely N-dealkylation sites (N-methyl/N-ethyl adjacent to an activating group) is 1. The first kappa shape index (κ1) is 15.2. The fourth-order valence-electron chi connectivity index (χ4n) is 2.29. The van der Waals surface area contributed by atoms with Gasteiger partial charge in [0.15, 0.2) is 0 Å². The van der Waals surface area contributed by atoms with Gasteiger partial charge < -0.3 is 10.1 Å². The summed E-state index contributed by atoms with van der Waals surface area (Å²) in [7, 11) is 1.90. The van der Waals surface area contributed by atoms with Gasteiger partial charge in [-0.1, -0.05) is 11.6 Å². The maximum Gasteiger partial charge on any atom is 0.270 e. The first-order valence-corrected chi connectivity index (χ1v) is 6.89. The highest BCUT2D eigenvalue weighted by Crippen LogP contribution is 2.24. The molecular formula is C13H18ClN3O3. The lowest BCUT2D eigenvalue weighted by atomic mass is 10.1. The molecule has 0 aromatic heterocycles. The van der Waals surface area contributed by atoms with E-state index in [1.807, 2.05) is 7.05 Å². The van der Waals surface area contributed by atoms with Crippen molar-refractivity contribution in [2.24, 2.45) is 0 Å². The van der Waals surface area contributed by atoms with Crippen LogP contribution in [-0.4, -0.2) is 49.2 Å². The zero-order valence-electron chi connectivity index (χ0n) is 11.3. The summed E-state index contributed by atoms with van der Waals surface area (Å²) in [4.78, 5) is 12.5. The maximum absolute atomic E-state index is 10.7. The number of nitro benzene ring substituents is 1. The second-order valence-corrected chi connectivity index (χ2v) is 5.23. The van der Waals surface area contributed by atoms with E-state index < -0.39 is 4.92 Å². The molecule has 0 bridgehead atoms. The molecule has 0 spiro atoms. The van der Waals surface area contributed by atoms with E-state index in [4.69, 9.17) is 16.3 Å². The van der Waals surface area contributed by atoms with E-state index in [0.29, 0.717) is 18.2 Å². The number of nitro groups is 1. The molecule has 1 aromatic rings. The van der Waals surface area contributed by atoms with Crippen molar-refractivity contribution in [3.63, 3.8) is 0 Å². The minimum Gasteiger partial charge on any atom is -0.374 e. The number of hydrogen-bond acceptors (Lipinski definition) is 5. The van der Waals surface area contributed by atoms with Gasteiger partial charge in [-0.2, -0.15) is 0 Å². The third kappa shape index (κ3) is 3.89. The van der Waals surface area contributed by atoms with Gasteiger partial charge in [0.25, 0.3) is 5.69 Å². The molecule has 0 radical (unpaired) electrons. The normalized spacial score (nSPS) is 20.0. The van der Waals surface area contributed by atoms with Crippen LogP contribution in [0.2, 0.25) is 5.02 Å². The summed E-state index contributed by atoms with van der Waals surface area (Å²) in [6, 6.07) is 4.62. The van der Waals surface area contributed by atoms with Gasteiger partial charge in [-0.05, 0) is 18.7 Å². The van der Waals surface area contributed by atoms with Gasteiger partial charge >= 0.3 is 0 Å². The van der Waals surface area contributed by atoms with Gasteiger partial charge in [0.05, 0.1) is 22.7 Å². The van der Waals surface area contributed by atoms with E-state index in [1.165, 1.54) is 12.1 Å². The van der Waals surface area contributed by atoms with Crippen molar-refractivity contribution in [3.05, 3.63) is 38.9 Å². The molecule has 110 valence electrons. The molecule has 1 N–H and O–H groups in total. The first-order valence-electron chi connectivity index (χ1n) is 6.51. The average Bonchev–Trinajstić information content (AvgIpc) is 2.42. The number of rotatable bonds is 5. The van der Waals surface area contributed by atoms with Crippen molar-refractivity contribution in [2.45, 2.75) is 12.6 Å². The molecule has 1 aromatic carbocycles. The molecule has 1 saturated heterocycles. The fraction of sp³-hybridized carbons (Fsp3) is 0.538. The van der Waals surface area contributed by atoms with Crippen LogP contribution in [-0.2, 0) is 11.3 Å². The van der Waals surface area contributed by atoms with E-state index in [1.54, 1.807) is 6.07 Å². The second-order valence-electron chi connectivity index (χ2n) is 4.82. The molecule has 7 heteroatoms. The van der Waals surface area contributed by atoms with Gasteiger partial charge in [0.1, 0.15) is 0 Å². The van der Waals surface area contributed by atoms with E-state index in [0.717, 1.165) is 25.2 Å². The Hall–Kier alpha value is -1.21. The summed E-state index contributed by atoms with van der Waals surface area (Å²) in [6.45, 7) is 3.85. The SMILES string of the molecule is CNCC1CN(Cc2ccc([N+](=O)[O-])cc2Cl)CCO1.